The number of carbonyl (C=O) groups is 1. The number of aliphatic hydroxyl groups excluding tert-OH is 1. The first-order valence-corrected chi connectivity index (χ1v) is 8.17. The summed E-state index contributed by atoms with van der Waals surface area (Å²) in [6.45, 7) is 0.843. The molecule has 0 saturated carbocycles. The Morgan fingerprint density at radius 1 is 1.48 bits per heavy atom. The summed E-state index contributed by atoms with van der Waals surface area (Å²) in [6.07, 6.45) is 4.23. The van der Waals surface area contributed by atoms with Crippen LogP contribution < -0.4 is 4.74 Å². The second-order valence-corrected chi connectivity index (χ2v) is 6.24. The van der Waals surface area contributed by atoms with Gasteiger partial charge in [-0.1, -0.05) is 6.07 Å². The number of hydrogen-bond acceptors (Lipinski definition) is 3. The number of piperidine rings is 1. The van der Waals surface area contributed by atoms with Crippen LogP contribution in [-0.4, -0.2) is 42.2 Å². The molecule has 1 aliphatic heterocycles. The van der Waals surface area contributed by atoms with Gasteiger partial charge in [0, 0.05) is 13.0 Å². The molecule has 0 bridgehead atoms. The lowest BCUT2D eigenvalue weighted by Crippen LogP contribution is -2.45. The van der Waals surface area contributed by atoms with Crippen LogP contribution in [0.4, 0.5) is 0 Å². The Morgan fingerprint density at radius 2 is 2.29 bits per heavy atom. The Morgan fingerprint density at radius 3 is 2.95 bits per heavy atom. The number of benzene rings is 1. The van der Waals surface area contributed by atoms with Crippen LogP contribution in [0.3, 0.4) is 0 Å². The van der Waals surface area contributed by atoms with E-state index in [0.717, 1.165) is 41.6 Å². The summed E-state index contributed by atoms with van der Waals surface area (Å²) in [5, 5.41) is 9.38. The number of amides is 1. The van der Waals surface area contributed by atoms with Crippen LogP contribution in [0.15, 0.2) is 22.7 Å². The fourth-order valence-electron chi connectivity index (χ4n) is 2.78. The molecule has 21 heavy (non-hydrogen) atoms. The van der Waals surface area contributed by atoms with E-state index < -0.39 is 0 Å². The summed E-state index contributed by atoms with van der Waals surface area (Å²) >= 11 is 3.46. The molecule has 116 valence electrons. The van der Waals surface area contributed by atoms with Gasteiger partial charge in [0.1, 0.15) is 5.75 Å². The SMILES string of the molecule is COc1ccc(CCC(=O)N2CCCCC2CO)cc1Br. The molecule has 1 saturated heterocycles. The van der Waals surface area contributed by atoms with Crippen molar-refractivity contribution in [1.29, 1.82) is 0 Å². The molecule has 1 aromatic rings. The number of ether oxygens (including phenoxy) is 1. The number of nitrogens with zero attached hydrogens (tertiary/aromatic N) is 1. The number of likely N-dealkylation sites (tertiary alicyclic amines) is 1. The lowest BCUT2D eigenvalue weighted by atomic mass is 10.0. The van der Waals surface area contributed by atoms with E-state index in [-0.39, 0.29) is 18.6 Å². The molecule has 2 rings (SSSR count). The van der Waals surface area contributed by atoms with Crippen molar-refractivity contribution in [3.63, 3.8) is 0 Å². The molecule has 1 aliphatic rings. The summed E-state index contributed by atoms with van der Waals surface area (Å²) in [4.78, 5) is 14.2. The van der Waals surface area contributed by atoms with E-state index in [0.29, 0.717) is 12.8 Å². The van der Waals surface area contributed by atoms with Gasteiger partial charge in [0.15, 0.2) is 0 Å². The van der Waals surface area contributed by atoms with Crippen molar-refractivity contribution in [3.8, 4) is 5.75 Å². The van der Waals surface area contributed by atoms with Crippen molar-refractivity contribution in [2.75, 3.05) is 20.3 Å². The van der Waals surface area contributed by atoms with Crippen molar-refractivity contribution in [2.45, 2.75) is 38.1 Å². The molecular weight excluding hydrogens is 334 g/mol. The van der Waals surface area contributed by atoms with Gasteiger partial charge in [-0.25, -0.2) is 0 Å². The molecular formula is C16H22BrNO3. The maximum Gasteiger partial charge on any atom is 0.223 e. The van der Waals surface area contributed by atoms with Gasteiger partial charge in [-0.3, -0.25) is 4.79 Å². The van der Waals surface area contributed by atoms with Crippen LogP contribution in [0, 0.1) is 0 Å². The summed E-state index contributed by atoms with van der Waals surface area (Å²) in [5.74, 6) is 0.933. The van der Waals surface area contributed by atoms with E-state index >= 15 is 0 Å². The Balaban J connectivity index is 1.92. The Labute approximate surface area is 134 Å². The fourth-order valence-corrected chi connectivity index (χ4v) is 3.37. The molecule has 1 heterocycles. The molecule has 0 radical (unpaired) electrons. The van der Waals surface area contributed by atoms with E-state index in [1.165, 1.54) is 0 Å². The van der Waals surface area contributed by atoms with Crippen LogP contribution in [0.25, 0.3) is 0 Å². The highest BCUT2D eigenvalue weighted by atomic mass is 79.9. The highest BCUT2D eigenvalue weighted by molar-refractivity contribution is 9.10. The number of rotatable bonds is 5. The zero-order valence-electron chi connectivity index (χ0n) is 12.3. The minimum atomic E-state index is 0.00820. The highest BCUT2D eigenvalue weighted by Crippen LogP contribution is 2.26. The quantitative estimate of drug-likeness (QED) is 0.883. The maximum atomic E-state index is 12.3. The predicted molar refractivity (Wildman–Crippen MR) is 85.5 cm³/mol. The van der Waals surface area contributed by atoms with Crippen molar-refractivity contribution in [1.82, 2.24) is 4.90 Å². The molecule has 1 N–H and O–H groups in total. The first kappa shape index (κ1) is 16.3. The van der Waals surface area contributed by atoms with E-state index in [1.807, 2.05) is 23.1 Å². The molecule has 1 fully saturated rings. The van der Waals surface area contributed by atoms with E-state index in [2.05, 4.69) is 15.9 Å². The Hall–Kier alpha value is -1.07. The van der Waals surface area contributed by atoms with Gasteiger partial charge < -0.3 is 14.7 Å². The van der Waals surface area contributed by atoms with E-state index in [9.17, 15) is 9.90 Å². The first-order chi connectivity index (χ1) is 10.2. The molecule has 0 aliphatic carbocycles. The third-order valence-electron chi connectivity index (χ3n) is 4.00. The van der Waals surface area contributed by atoms with E-state index in [4.69, 9.17) is 4.74 Å². The van der Waals surface area contributed by atoms with Crippen molar-refractivity contribution < 1.29 is 14.6 Å². The van der Waals surface area contributed by atoms with Crippen molar-refractivity contribution >= 4 is 21.8 Å². The van der Waals surface area contributed by atoms with Gasteiger partial charge in [0.25, 0.3) is 0 Å². The van der Waals surface area contributed by atoms with Crippen LogP contribution in [0.2, 0.25) is 0 Å². The van der Waals surface area contributed by atoms with Crippen molar-refractivity contribution in [2.24, 2.45) is 0 Å². The second kappa shape index (κ2) is 7.80. The largest absolute Gasteiger partial charge is 0.496 e. The summed E-state index contributed by atoms with van der Waals surface area (Å²) in [6, 6.07) is 5.89. The fraction of sp³-hybridized carbons (Fsp3) is 0.562. The molecule has 0 aromatic heterocycles. The number of methoxy groups -OCH3 is 1. The average Bonchev–Trinajstić information content (AvgIpc) is 2.52. The van der Waals surface area contributed by atoms with Crippen LogP contribution >= 0.6 is 15.9 Å². The molecule has 0 spiro atoms. The molecule has 5 heteroatoms. The third-order valence-corrected chi connectivity index (χ3v) is 4.62. The minimum absolute atomic E-state index is 0.00820. The van der Waals surface area contributed by atoms with Gasteiger partial charge >= 0.3 is 0 Å². The normalized spacial score (nSPS) is 18.6. The third kappa shape index (κ3) is 4.20. The van der Waals surface area contributed by atoms with Gasteiger partial charge in [0.2, 0.25) is 5.91 Å². The smallest absolute Gasteiger partial charge is 0.223 e. The summed E-state index contributed by atoms with van der Waals surface area (Å²) in [5.41, 5.74) is 1.11. The Bertz CT molecular complexity index is 492. The van der Waals surface area contributed by atoms with Gasteiger partial charge in [-0.15, -0.1) is 0 Å². The molecule has 1 atom stereocenters. The predicted octanol–water partition coefficient (Wildman–Crippen LogP) is 2.76. The van der Waals surface area contributed by atoms with Crippen LogP contribution in [-0.2, 0) is 11.2 Å². The number of halogens is 1. The van der Waals surface area contributed by atoms with Gasteiger partial charge in [-0.05, 0) is 59.3 Å². The molecule has 4 nitrogen and oxygen atoms in total. The zero-order valence-corrected chi connectivity index (χ0v) is 13.9. The van der Waals surface area contributed by atoms with E-state index in [1.54, 1.807) is 7.11 Å². The van der Waals surface area contributed by atoms with Gasteiger partial charge in [0.05, 0.1) is 24.2 Å². The number of carbonyl (C=O) groups excluding carboxylic acids is 1. The number of aliphatic hydroxyl groups is 1. The topological polar surface area (TPSA) is 49.8 Å². The monoisotopic (exact) mass is 355 g/mol. The molecule has 1 unspecified atom stereocenters. The standard InChI is InChI=1S/C16H22BrNO3/c1-21-15-7-5-12(10-14(15)17)6-8-16(20)18-9-3-2-4-13(18)11-19/h5,7,10,13,19H,2-4,6,8-9,11H2,1H3. The van der Waals surface area contributed by atoms with Crippen LogP contribution in [0.5, 0.6) is 5.75 Å². The lowest BCUT2D eigenvalue weighted by Gasteiger charge is -2.34. The summed E-state index contributed by atoms with van der Waals surface area (Å²) < 4.78 is 6.10. The zero-order chi connectivity index (χ0) is 15.2. The lowest BCUT2D eigenvalue weighted by molar-refractivity contribution is -0.135. The Kier molecular flexibility index (Phi) is 6.06. The number of hydrogen-bond donors (Lipinski definition) is 1. The summed E-state index contributed by atoms with van der Waals surface area (Å²) in [7, 11) is 1.63. The second-order valence-electron chi connectivity index (χ2n) is 5.39. The molecule has 1 aromatic carbocycles. The highest BCUT2D eigenvalue weighted by Gasteiger charge is 2.25. The average molecular weight is 356 g/mol. The van der Waals surface area contributed by atoms with Crippen LogP contribution in [0.1, 0.15) is 31.2 Å². The van der Waals surface area contributed by atoms with Gasteiger partial charge in [-0.2, -0.15) is 0 Å². The van der Waals surface area contributed by atoms with Crippen molar-refractivity contribution in [3.05, 3.63) is 28.2 Å². The maximum absolute atomic E-state index is 12.3. The number of aryl methyl sites for hydroxylation is 1. The minimum Gasteiger partial charge on any atom is -0.496 e. The molecule has 1 amide bonds. The first-order valence-electron chi connectivity index (χ1n) is 7.38.